The van der Waals surface area contributed by atoms with Gasteiger partial charge in [0.1, 0.15) is 25.2 Å². The zero-order valence-corrected chi connectivity index (χ0v) is 19.7. The molecule has 1 heterocycles. The van der Waals surface area contributed by atoms with Crippen molar-refractivity contribution in [2.24, 2.45) is 5.41 Å². The maximum Gasteiger partial charge on any atom is 0.508 e. The summed E-state index contributed by atoms with van der Waals surface area (Å²) in [7, 11) is 3.19. The van der Waals surface area contributed by atoms with Crippen molar-refractivity contribution in [3.63, 3.8) is 0 Å². The predicted molar refractivity (Wildman–Crippen MR) is 112 cm³/mol. The van der Waals surface area contributed by atoms with Crippen molar-refractivity contribution in [2.45, 2.75) is 34.6 Å². The normalized spacial score (nSPS) is 13.7. The van der Waals surface area contributed by atoms with Crippen molar-refractivity contribution in [3.8, 4) is 0 Å². The number of esters is 1. The first-order chi connectivity index (χ1) is 14.5. The lowest BCUT2D eigenvalue weighted by molar-refractivity contribution is -0.167. The molecule has 30 heavy (non-hydrogen) atoms. The van der Waals surface area contributed by atoms with E-state index in [2.05, 4.69) is 14.2 Å². The minimum absolute atomic E-state index is 0.0325. The van der Waals surface area contributed by atoms with Gasteiger partial charge >= 0.3 is 12.1 Å². The maximum atomic E-state index is 11.7. The van der Waals surface area contributed by atoms with Gasteiger partial charge in [-0.15, -0.1) is 0 Å². The van der Waals surface area contributed by atoms with Crippen molar-refractivity contribution in [2.75, 3.05) is 80.3 Å². The molecule has 0 aliphatic carbocycles. The van der Waals surface area contributed by atoms with Crippen LogP contribution in [0.15, 0.2) is 0 Å². The van der Waals surface area contributed by atoms with Gasteiger partial charge in [0.15, 0.2) is 0 Å². The van der Waals surface area contributed by atoms with Crippen LogP contribution in [-0.2, 0) is 38.0 Å². The standard InChI is InChI=1S/C11H18O7.C5H12O3.2C2H6/c1-11(7-17-10(13)18-8-11)9(12)16-6-5-15-4-3-14-2;1-7-4-5-8-3-2-6;2*1-2/h3-8H2,1-2H3;6H,2-5H2,1H3;2*1-2H3. The third kappa shape index (κ3) is 19.8. The Hall–Kier alpha value is -1.46. The summed E-state index contributed by atoms with van der Waals surface area (Å²) < 4.78 is 33.8. The Morgan fingerprint density at radius 3 is 1.73 bits per heavy atom. The molecule has 1 rings (SSSR count). The summed E-state index contributed by atoms with van der Waals surface area (Å²) in [5.41, 5.74) is -0.944. The number of rotatable bonds is 12. The summed E-state index contributed by atoms with van der Waals surface area (Å²) in [6.07, 6.45) is -0.761. The highest BCUT2D eigenvalue weighted by Gasteiger charge is 2.41. The smallest absolute Gasteiger partial charge is 0.463 e. The summed E-state index contributed by atoms with van der Waals surface area (Å²) in [6.45, 7) is 12.6. The molecular weight excluding hydrogens is 400 g/mol. The van der Waals surface area contributed by atoms with E-state index >= 15 is 0 Å². The summed E-state index contributed by atoms with van der Waals surface area (Å²) in [6, 6.07) is 0. The van der Waals surface area contributed by atoms with Crippen LogP contribution in [0, 0.1) is 5.41 Å². The van der Waals surface area contributed by atoms with Crippen LogP contribution in [0.4, 0.5) is 4.79 Å². The van der Waals surface area contributed by atoms with Crippen molar-refractivity contribution >= 4 is 12.1 Å². The van der Waals surface area contributed by atoms with Gasteiger partial charge in [-0.05, 0) is 6.92 Å². The predicted octanol–water partition coefficient (Wildman–Crippen LogP) is 2.06. The molecule has 0 spiro atoms. The first kappa shape index (κ1) is 33.2. The molecular formula is C20H42O10. The Morgan fingerprint density at radius 2 is 1.30 bits per heavy atom. The maximum absolute atomic E-state index is 11.7. The van der Waals surface area contributed by atoms with Crippen LogP contribution in [-0.4, -0.2) is 97.5 Å². The minimum atomic E-state index is -0.944. The molecule has 1 fully saturated rings. The highest BCUT2D eigenvalue weighted by Crippen LogP contribution is 2.23. The molecule has 10 nitrogen and oxygen atoms in total. The summed E-state index contributed by atoms with van der Waals surface area (Å²) in [5, 5.41) is 8.20. The molecule has 1 saturated heterocycles. The second-order valence-electron chi connectivity index (χ2n) is 5.46. The second kappa shape index (κ2) is 25.6. The molecule has 0 saturated carbocycles. The molecule has 1 aliphatic heterocycles. The molecule has 0 aromatic carbocycles. The van der Waals surface area contributed by atoms with E-state index in [4.69, 9.17) is 24.1 Å². The number of cyclic esters (lactones) is 2. The Balaban J connectivity index is -0.000000510. The molecule has 0 bridgehead atoms. The zero-order chi connectivity index (χ0) is 23.7. The van der Waals surface area contributed by atoms with Crippen LogP contribution in [0.5, 0.6) is 0 Å². The van der Waals surface area contributed by atoms with E-state index in [0.29, 0.717) is 39.6 Å². The van der Waals surface area contributed by atoms with Gasteiger partial charge in [0.25, 0.3) is 0 Å². The lowest BCUT2D eigenvalue weighted by atomic mass is 9.93. The molecule has 0 unspecified atom stereocenters. The lowest BCUT2D eigenvalue weighted by Gasteiger charge is -2.29. The Labute approximate surface area is 181 Å². The van der Waals surface area contributed by atoms with Crippen LogP contribution >= 0.6 is 0 Å². The van der Waals surface area contributed by atoms with Gasteiger partial charge in [-0.2, -0.15) is 0 Å². The SMILES string of the molecule is CC.CC.COCCOCCO.COCCOCCOC(=O)C1(C)COC(=O)OC1. The Bertz CT molecular complexity index is 361. The molecule has 0 radical (unpaired) electrons. The lowest BCUT2D eigenvalue weighted by Crippen LogP contribution is -2.44. The van der Waals surface area contributed by atoms with Crippen molar-refractivity contribution in [1.29, 1.82) is 0 Å². The number of carbonyl (C=O) groups excluding carboxylic acids is 2. The molecule has 0 aromatic rings. The third-order valence-corrected chi connectivity index (χ3v) is 3.07. The number of ether oxygens (including phenoxy) is 7. The van der Waals surface area contributed by atoms with Gasteiger partial charge in [0.2, 0.25) is 0 Å². The average Bonchev–Trinajstić information content (AvgIpc) is 2.79. The first-order valence-corrected chi connectivity index (χ1v) is 10.2. The van der Waals surface area contributed by atoms with E-state index in [9.17, 15) is 9.59 Å². The van der Waals surface area contributed by atoms with Gasteiger partial charge in [-0.3, -0.25) is 4.79 Å². The number of hydrogen-bond acceptors (Lipinski definition) is 10. The number of methoxy groups -OCH3 is 2. The van der Waals surface area contributed by atoms with E-state index < -0.39 is 17.5 Å². The molecule has 1 aliphatic rings. The molecule has 10 heteroatoms. The average molecular weight is 443 g/mol. The quantitative estimate of drug-likeness (QED) is 0.355. The fourth-order valence-corrected chi connectivity index (χ4v) is 1.56. The summed E-state index contributed by atoms with van der Waals surface area (Å²) >= 11 is 0. The first-order valence-electron chi connectivity index (χ1n) is 10.2. The van der Waals surface area contributed by atoms with Gasteiger partial charge in [0, 0.05) is 14.2 Å². The monoisotopic (exact) mass is 442 g/mol. The zero-order valence-electron chi connectivity index (χ0n) is 19.7. The Morgan fingerprint density at radius 1 is 0.867 bits per heavy atom. The van der Waals surface area contributed by atoms with Crippen LogP contribution in [0.2, 0.25) is 0 Å². The van der Waals surface area contributed by atoms with Gasteiger partial charge < -0.3 is 38.3 Å². The Kier molecular flexibility index (Phi) is 28.3. The van der Waals surface area contributed by atoms with Crippen LogP contribution < -0.4 is 0 Å². The number of carbonyl (C=O) groups is 2. The topological polar surface area (TPSA) is 119 Å². The highest BCUT2D eigenvalue weighted by molar-refractivity contribution is 5.78. The van der Waals surface area contributed by atoms with Gasteiger partial charge in [0.05, 0.1) is 46.2 Å². The van der Waals surface area contributed by atoms with Crippen molar-refractivity contribution < 1.29 is 47.9 Å². The summed E-state index contributed by atoms with van der Waals surface area (Å²) in [5.74, 6) is -0.467. The van der Waals surface area contributed by atoms with E-state index in [1.165, 1.54) is 0 Å². The third-order valence-electron chi connectivity index (χ3n) is 3.07. The molecule has 0 amide bonds. The highest BCUT2D eigenvalue weighted by atomic mass is 16.7. The fourth-order valence-electron chi connectivity index (χ4n) is 1.56. The number of aliphatic hydroxyl groups is 1. The van der Waals surface area contributed by atoms with E-state index in [-0.39, 0.29) is 26.4 Å². The van der Waals surface area contributed by atoms with E-state index in [1.54, 1.807) is 21.1 Å². The van der Waals surface area contributed by atoms with Gasteiger partial charge in [-0.25, -0.2) is 4.79 Å². The van der Waals surface area contributed by atoms with Crippen LogP contribution in [0.1, 0.15) is 34.6 Å². The molecule has 182 valence electrons. The fraction of sp³-hybridized carbons (Fsp3) is 0.900. The molecule has 0 atom stereocenters. The minimum Gasteiger partial charge on any atom is -0.463 e. The largest absolute Gasteiger partial charge is 0.508 e. The van der Waals surface area contributed by atoms with E-state index in [1.807, 2.05) is 27.7 Å². The van der Waals surface area contributed by atoms with Gasteiger partial charge in [-0.1, -0.05) is 27.7 Å². The molecule has 0 aromatic heterocycles. The second-order valence-corrected chi connectivity index (χ2v) is 5.46. The summed E-state index contributed by atoms with van der Waals surface area (Å²) in [4.78, 5) is 22.4. The van der Waals surface area contributed by atoms with Crippen LogP contribution in [0.3, 0.4) is 0 Å². The number of aliphatic hydroxyl groups excluding tert-OH is 1. The van der Waals surface area contributed by atoms with Crippen molar-refractivity contribution in [1.82, 2.24) is 0 Å². The number of hydrogen-bond donors (Lipinski definition) is 1. The molecule has 1 N–H and O–H groups in total. The van der Waals surface area contributed by atoms with Crippen LogP contribution in [0.25, 0.3) is 0 Å². The van der Waals surface area contributed by atoms with E-state index in [0.717, 1.165) is 0 Å². The van der Waals surface area contributed by atoms with Crippen molar-refractivity contribution in [3.05, 3.63) is 0 Å².